The third-order valence-electron chi connectivity index (χ3n) is 6.21. The highest BCUT2D eigenvalue weighted by molar-refractivity contribution is 5.69. The first-order valence-electron chi connectivity index (χ1n) is 9.70. The average molecular weight is 337 g/mol. The summed E-state index contributed by atoms with van der Waals surface area (Å²) in [6.07, 6.45) is 8.59. The van der Waals surface area contributed by atoms with Crippen molar-refractivity contribution < 1.29 is 9.47 Å². The summed E-state index contributed by atoms with van der Waals surface area (Å²) >= 11 is 0. The molecule has 3 heteroatoms. The molecule has 1 aromatic rings. The Morgan fingerprint density at radius 2 is 1.96 bits per heavy atom. The molecule has 1 saturated heterocycles. The SMILES string of the molecule is C[C@H]1CCCC2(C1)CC1(CCCCO1)OC(c1ccccc1)=C2C#N. The quantitative estimate of drug-likeness (QED) is 0.685. The zero-order valence-corrected chi connectivity index (χ0v) is 15.1. The van der Waals surface area contributed by atoms with Gasteiger partial charge in [0.2, 0.25) is 5.79 Å². The summed E-state index contributed by atoms with van der Waals surface area (Å²) in [6, 6.07) is 12.7. The van der Waals surface area contributed by atoms with E-state index in [0.29, 0.717) is 5.92 Å². The van der Waals surface area contributed by atoms with Crippen LogP contribution in [0.1, 0.15) is 63.9 Å². The predicted octanol–water partition coefficient (Wildman–Crippen LogP) is 5.43. The summed E-state index contributed by atoms with van der Waals surface area (Å²) in [5.41, 5.74) is 1.77. The maximum Gasteiger partial charge on any atom is 0.211 e. The van der Waals surface area contributed by atoms with Gasteiger partial charge in [-0.3, -0.25) is 0 Å². The molecule has 2 fully saturated rings. The highest BCUT2D eigenvalue weighted by atomic mass is 16.7. The van der Waals surface area contributed by atoms with Crippen LogP contribution < -0.4 is 0 Å². The van der Waals surface area contributed by atoms with E-state index in [4.69, 9.17) is 9.47 Å². The van der Waals surface area contributed by atoms with Crippen molar-refractivity contribution in [3.05, 3.63) is 41.5 Å². The van der Waals surface area contributed by atoms with Gasteiger partial charge in [0, 0.05) is 23.8 Å². The van der Waals surface area contributed by atoms with Crippen LogP contribution in [0, 0.1) is 22.7 Å². The molecule has 0 radical (unpaired) electrons. The molecule has 0 amide bonds. The van der Waals surface area contributed by atoms with Gasteiger partial charge in [-0.2, -0.15) is 5.26 Å². The fourth-order valence-corrected chi connectivity index (χ4v) is 5.17. The van der Waals surface area contributed by atoms with Crippen molar-refractivity contribution in [2.45, 2.75) is 64.1 Å². The van der Waals surface area contributed by atoms with Gasteiger partial charge >= 0.3 is 0 Å². The molecule has 4 rings (SSSR count). The van der Waals surface area contributed by atoms with Crippen molar-refractivity contribution in [1.29, 1.82) is 5.26 Å². The minimum absolute atomic E-state index is 0.0901. The summed E-state index contributed by atoms with van der Waals surface area (Å²) in [7, 11) is 0. The Balaban J connectivity index is 1.85. The van der Waals surface area contributed by atoms with E-state index in [0.717, 1.165) is 62.0 Å². The van der Waals surface area contributed by atoms with Crippen molar-refractivity contribution in [1.82, 2.24) is 0 Å². The van der Waals surface area contributed by atoms with Crippen LogP contribution in [0.3, 0.4) is 0 Å². The molecule has 3 atom stereocenters. The number of nitrogens with zero attached hydrogens (tertiary/aromatic N) is 1. The normalized spacial score (nSPS) is 35.4. The molecule has 0 bridgehead atoms. The average Bonchev–Trinajstić information content (AvgIpc) is 2.62. The Morgan fingerprint density at radius 1 is 1.12 bits per heavy atom. The molecule has 1 saturated carbocycles. The second-order valence-electron chi connectivity index (χ2n) is 8.16. The second-order valence-corrected chi connectivity index (χ2v) is 8.16. The summed E-state index contributed by atoms with van der Waals surface area (Å²) in [5.74, 6) is 0.874. The largest absolute Gasteiger partial charge is 0.461 e. The van der Waals surface area contributed by atoms with Crippen molar-refractivity contribution in [3.8, 4) is 6.07 Å². The lowest BCUT2D eigenvalue weighted by Gasteiger charge is -2.51. The minimum Gasteiger partial charge on any atom is -0.461 e. The molecular weight excluding hydrogens is 310 g/mol. The van der Waals surface area contributed by atoms with Gasteiger partial charge in [0.25, 0.3) is 0 Å². The molecule has 2 heterocycles. The molecule has 2 aliphatic heterocycles. The van der Waals surface area contributed by atoms with Gasteiger partial charge in [0.15, 0.2) is 0 Å². The van der Waals surface area contributed by atoms with Gasteiger partial charge in [-0.25, -0.2) is 0 Å². The smallest absolute Gasteiger partial charge is 0.211 e. The van der Waals surface area contributed by atoms with Crippen LogP contribution in [0.25, 0.3) is 5.76 Å². The molecule has 3 nitrogen and oxygen atoms in total. The molecule has 3 aliphatic rings. The third kappa shape index (κ3) is 2.98. The number of nitriles is 1. The molecule has 25 heavy (non-hydrogen) atoms. The molecule has 132 valence electrons. The van der Waals surface area contributed by atoms with Crippen molar-refractivity contribution >= 4 is 5.76 Å². The molecule has 2 unspecified atom stereocenters. The van der Waals surface area contributed by atoms with Gasteiger partial charge in [-0.05, 0) is 31.6 Å². The van der Waals surface area contributed by atoms with Crippen LogP contribution >= 0.6 is 0 Å². The summed E-state index contributed by atoms with van der Waals surface area (Å²) in [6.45, 7) is 3.08. The lowest BCUT2D eigenvalue weighted by atomic mass is 9.61. The molecule has 1 aliphatic carbocycles. The van der Waals surface area contributed by atoms with E-state index in [-0.39, 0.29) is 5.41 Å². The Labute approximate surface area is 150 Å². The number of hydrogen-bond donors (Lipinski definition) is 0. The van der Waals surface area contributed by atoms with Crippen molar-refractivity contribution in [3.63, 3.8) is 0 Å². The Hall–Kier alpha value is -1.79. The topological polar surface area (TPSA) is 42.2 Å². The molecule has 0 aromatic heterocycles. The lowest BCUT2D eigenvalue weighted by Crippen LogP contribution is -2.49. The Morgan fingerprint density at radius 3 is 2.64 bits per heavy atom. The van der Waals surface area contributed by atoms with Crippen LogP contribution in [-0.2, 0) is 9.47 Å². The number of allylic oxidation sites excluding steroid dienone is 1. The minimum atomic E-state index is -0.541. The number of benzene rings is 1. The first-order chi connectivity index (χ1) is 12.2. The van der Waals surface area contributed by atoms with Gasteiger partial charge in [-0.15, -0.1) is 0 Å². The zero-order chi connectivity index (χ0) is 17.3. The molecule has 1 aromatic carbocycles. The monoisotopic (exact) mass is 337 g/mol. The summed E-state index contributed by atoms with van der Waals surface area (Å²) in [5, 5.41) is 10.1. The molecule has 0 N–H and O–H groups in total. The van der Waals surface area contributed by atoms with Crippen LogP contribution in [0.2, 0.25) is 0 Å². The highest BCUT2D eigenvalue weighted by Crippen LogP contribution is 2.57. The standard InChI is InChI=1S/C22H27NO2/c1-17-8-7-11-21(14-17)16-22(12-5-6-13-24-22)25-20(19(21)15-23)18-9-3-2-4-10-18/h2-4,9-10,17H,5-8,11-14,16H2,1H3/t17-,21?,22?/m0/s1. The third-order valence-corrected chi connectivity index (χ3v) is 6.21. The van der Waals surface area contributed by atoms with E-state index in [1.54, 1.807) is 0 Å². The van der Waals surface area contributed by atoms with Crippen molar-refractivity contribution in [2.24, 2.45) is 11.3 Å². The predicted molar refractivity (Wildman–Crippen MR) is 97.3 cm³/mol. The first kappa shape index (κ1) is 16.7. The molecular formula is C22H27NO2. The van der Waals surface area contributed by atoms with Gasteiger partial charge in [0.05, 0.1) is 18.2 Å². The van der Waals surface area contributed by atoms with E-state index in [1.165, 1.54) is 12.8 Å². The van der Waals surface area contributed by atoms with Crippen LogP contribution in [0.4, 0.5) is 0 Å². The van der Waals surface area contributed by atoms with Gasteiger partial charge < -0.3 is 9.47 Å². The van der Waals surface area contributed by atoms with Gasteiger partial charge in [-0.1, -0.05) is 50.1 Å². The summed E-state index contributed by atoms with van der Waals surface area (Å²) < 4.78 is 12.8. The van der Waals surface area contributed by atoms with E-state index in [1.807, 2.05) is 18.2 Å². The van der Waals surface area contributed by atoms with Crippen LogP contribution in [0.15, 0.2) is 35.9 Å². The number of ether oxygens (including phenoxy) is 2. The van der Waals surface area contributed by atoms with Crippen LogP contribution in [-0.4, -0.2) is 12.4 Å². The first-order valence-corrected chi connectivity index (χ1v) is 9.70. The maximum atomic E-state index is 10.1. The number of rotatable bonds is 1. The highest BCUT2D eigenvalue weighted by Gasteiger charge is 2.53. The fraction of sp³-hybridized carbons (Fsp3) is 0.591. The van der Waals surface area contributed by atoms with E-state index in [9.17, 15) is 5.26 Å². The van der Waals surface area contributed by atoms with Gasteiger partial charge in [0.1, 0.15) is 5.76 Å². The number of hydrogen-bond acceptors (Lipinski definition) is 3. The summed E-state index contributed by atoms with van der Waals surface area (Å²) in [4.78, 5) is 0. The zero-order valence-electron chi connectivity index (χ0n) is 15.1. The van der Waals surface area contributed by atoms with E-state index >= 15 is 0 Å². The fourth-order valence-electron chi connectivity index (χ4n) is 5.17. The van der Waals surface area contributed by atoms with Crippen LogP contribution in [0.5, 0.6) is 0 Å². The van der Waals surface area contributed by atoms with Crippen molar-refractivity contribution in [2.75, 3.05) is 6.61 Å². The molecule has 2 spiro atoms. The van der Waals surface area contributed by atoms with E-state index in [2.05, 4.69) is 25.1 Å². The second kappa shape index (κ2) is 6.50. The Bertz CT molecular complexity index is 696. The lowest BCUT2D eigenvalue weighted by molar-refractivity contribution is -0.246. The Kier molecular flexibility index (Phi) is 4.33. The van der Waals surface area contributed by atoms with E-state index < -0.39 is 5.79 Å². The maximum absolute atomic E-state index is 10.1.